The molecule has 1 aliphatic carbocycles. The maximum atomic E-state index is 5.15. The fraction of sp³-hybridized carbons (Fsp3) is 0.571. The molecule has 0 amide bonds. The number of ether oxygens (including phenoxy) is 1. The zero-order valence-electron chi connectivity index (χ0n) is 17.3. The first-order valence-corrected chi connectivity index (χ1v) is 10.3. The second-order valence-electron chi connectivity index (χ2n) is 7.59. The number of halogens is 1. The van der Waals surface area contributed by atoms with Crippen molar-refractivity contribution in [3.05, 3.63) is 46.5 Å². The molecule has 2 N–H and O–H groups in total. The number of rotatable bonds is 6. The normalized spacial score (nSPS) is 18.0. The van der Waals surface area contributed by atoms with Crippen LogP contribution in [0.15, 0.2) is 23.2 Å². The molecular weight excluding hydrogens is 479 g/mol. The molecule has 4 rings (SSSR count). The molecule has 0 saturated heterocycles. The topological polar surface area (TPSA) is 76.4 Å². The van der Waals surface area contributed by atoms with E-state index in [0.717, 1.165) is 43.5 Å². The second kappa shape index (κ2) is 10.4. The van der Waals surface area contributed by atoms with Crippen molar-refractivity contribution in [1.29, 1.82) is 0 Å². The molecule has 2 heterocycles. The highest BCUT2D eigenvalue weighted by Crippen LogP contribution is 2.23. The minimum absolute atomic E-state index is 0. The van der Waals surface area contributed by atoms with Crippen LogP contribution in [0, 0.1) is 0 Å². The number of nitrogens with zero attached hydrogens (tertiary/aromatic N) is 4. The second-order valence-corrected chi connectivity index (χ2v) is 7.59. The summed E-state index contributed by atoms with van der Waals surface area (Å²) in [7, 11) is 1.67. The molecule has 29 heavy (non-hydrogen) atoms. The lowest BCUT2D eigenvalue weighted by Gasteiger charge is -2.25. The zero-order chi connectivity index (χ0) is 19.3. The van der Waals surface area contributed by atoms with Crippen molar-refractivity contribution in [2.75, 3.05) is 13.7 Å². The van der Waals surface area contributed by atoms with E-state index in [2.05, 4.69) is 45.8 Å². The highest BCUT2D eigenvalue weighted by molar-refractivity contribution is 14.0. The van der Waals surface area contributed by atoms with Gasteiger partial charge in [0, 0.05) is 26.1 Å². The van der Waals surface area contributed by atoms with Gasteiger partial charge in [0.05, 0.1) is 13.1 Å². The zero-order valence-corrected chi connectivity index (χ0v) is 19.6. The number of aliphatic imine (C=N–C) groups is 1. The number of methoxy groups -OCH3 is 1. The lowest BCUT2D eigenvalue weighted by Crippen LogP contribution is -2.47. The molecule has 0 bridgehead atoms. The molecule has 2 aliphatic rings. The van der Waals surface area contributed by atoms with E-state index in [-0.39, 0.29) is 24.0 Å². The van der Waals surface area contributed by atoms with Gasteiger partial charge >= 0.3 is 0 Å². The number of guanidine groups is 1. The van der Waals surface area contributed by atoms with E-state index in [1.165, 1.54) is 36.0 Å². The summed E-state index contributed by atoms with van der Waals surface area (Å²) in [4.78, 5) is 9.37. The van der Waals surface area contributed by atoms with Gasteiger partial charge in [0.1, 0.15) is 12.4 Å². The van der Waals surface area contributed by atoms with Crippen LogP contribution < -0.4 is 10.6 Å². The largest absolute Gasteiger partial charge is 0.377 e. The number of nitrogens with one attached hydrogen (secondary N) is 2. The quantitative estimate of drug-likeness (QED) is 0.355. The van der Waals surface area contributed by atoms with Gasteiger partial charge < -0.3 is 15.4 Å². The molecule has 2 aromatic rings. The lowest BCUT2D eigenvalue weighted by molar-refractivity contribution is 0.177. The van der Waals surface area contributed by atoms with E-state index in [1.54, 1.807) is 7.11 Å². The maximum Gasteiger partial charge on any atom is 0.191 e. The Kier molecular flexibility index (Phi) is 7.88. The Morgan fingerprint density at radius 2 is 2.14 bits per heavy atom. The van der Waals surface area contributed by atoms with Crippen molar-refractivity contribution in [1.82, 2.24) is 25.4 Å². The standard InChI is InChI=1S/C21H30N6O.HI/c1-3-22-21(23-12-15-7-8-16-5-4-6-17(16)11-15)24-18-9-10-20-25-19(14-28-2)26-27(20)13-18;/h7-8,11,18H,3-6,9-10,12-14H2,1-2H3,(H2,22,23,24);1H. The van der Waals surface area contributed by atoms with E-state index in [0.29, 0.717) is 19.2 Å². The van der Waals surface area contributed by atoms with Crippen LogP contribution in [0.4, 0.5) is 0 Å². The first-order chi connectivity index (χ1) is 13.7. The minimum atomic E-state index is 0. The van der Waals surface area contributed by atoms with E-state index in [9.17, 15) is 0 Å². The van der Waals surface area contributed by atoms with Crippen molar-refractivity contribution in [2.24, 2.45) is 4.99 Å². The third-order valence-electron chi connectivity index (χ3n) is 5.44. The smallest absolute Gasteiger partial charge is 0.191 e. The summed E-state index contributed by atoms with van der Waals surface area (Å²) in [5.41, 5.74) is 4.30. The van der Waals surface area contributed by atoms with Gasteiger partial charge in [0.2, 0.25) is 0 Å². The molecule has 158 valence electrons. The van der Waals surface area contributed by atoms with Gasteiger partial charge in [0.15, 0.2) is 11.8 Å². The van der Waals surface area contributed by atoms with Crippen LogP contribution in [-0.4, -0.2) is 40.4 Å². The van der Waals surface area contributed by atoms with Crippen LogP contribution in [0.25, 0.3) is 0 Å². The van der Waals surface area contributed by atoms with Crippen LogP contribution in [0.5, 0.6) is 0 Å². The molecule has 1 aromatic heterocycles. The van der Waals surface area contributed by atoms with Crippen molar-refractivity contribution in [3.63, 3.8) is 0 Å². The number of hydrogen-bond donors (Lipinski definition) is 2. The molecule has 8 heteroatoms. The maximum absolute atomic E-state index is 5.15. The number of hydrogen-bond acceptors (Lipinski definition) is 4. The summed E-state index contributed by atoms with van der Waals surface area (Å²) < 4.78 is 7.15. The summed E-state index contributed by atoms with van der Waals surface area (Å²) in [6.45, 7) is 4.90. The molecule has 0 spiro atoms. The van der Waals surface area contributed by atoms with E-state index in [4.69, 9.17) is 9.73 Å². The van der Waals surface area contributed by atoms with Gasteiger partial charge in [-0.05, 0) is 49.3 Å². The fourth-order valence-corrected chi connectivity index (χ4v) is 4.08. The number of aromatic nitrogens is 3. The molecule has 1 atom stereocenters. The van der Waals surface area contributed by atoms with E-state index in [1.807, 2.05) is 4.68 Å². The summed E-state index contributed by atoms with van der Waals surface area (Å²) in [6.07, 6.45) is 5.65. The highest BCUT2D eigenvalue weighted by Gasteiger charge is 2.22. The van der Waals surface area contributed by atoms with E-state index < -0.39 is 0 Å². The molecule has 7 nitrogen and oxygen atoms in total. The molecular formula is C21H31IN6O. The Labute approximate surface area is 189 Å². The number of fused-ring (bicyclic) bond motifs is 2. The Bertz CT molecular complexity index is 850. The summed E-state index contributed by atoms with van der Waals surface area (Å²) >= 11 is 0. The van der Waals surface area contributed by atoms with Crippen molar-refractivity contribution in [3.8, 4) is 0 Å². The Balaban J connectivity index is 0.00000240. The van der Waals surface area contributed by atoms with Crippen molar-refractivity contribution in [2.45, 2.75) is 64.8 Å². The first-order valence-electron chi connectivity index (χ1n) is 10.3. The lowest BCUT2D eigenvalue weighted by atomic mass is 10.1. The highest BCUT2D eigenvalue weighted by atomic mass is 127. The van der Waals surface area contributed by atoms with Crippen molar-refractivity contribution >= 4 is 29.9 Å². The minimum Gasteiger partial charge on any atom is -0.377 e. The van der Waals surface area contributed by atoms with Crippen molar-refractivity contribution < 1.29 is 4.74 Å². The van der Waals surface area contributed by atoms with Crippen LogP contribution in [0.1, 0.15) is 48.1 Å². The molecule has 1 aromatic carbocycles. The summed E-state index contributed by atoms with van der Waals surface area (Å²) in [5.74, 6) is 2.68. The van der Waals surface area contributed by atoms with E-state index >= 15 is 0 Å². The van der Waals surface area contributed by atoms with Crippen LogP contribution in [0.2, 0.25) is 0 Å². The Hall–Kier alpha value is -1.68. The van der Waals surface area contributed by atoms with Gasteiger partial charge in [-0.15, -0.1) is 24.0 Å². The van der Waals surface area contributed by atoms with Gasteiger partial charge in [-0.2, -0.15) is 5.10 Å². The monoisotopic (exact) mass is 510 g/mol. The number of benzene rings is 1. The van der Waals surface area contributed by atoms with Crippen LogP contribution in [-0.2, 0) is 43.7 Å². The third-order valence-corrected chi connectivity index (χ3v) is 5.44. The average molecular weight is 510 g/mol. The molecule has 0 saturated carbocycles. The van der Waals surface area contributed by atoms with Crippen LogP contribution in [0.3, 0.4) is 0 Å². The number of aryl methyl sites for hydroxylation is 3. The fourth-order valence-electron chi connectivity index (χ4n) is 4.08. The SMILES string of the molecule is CCNC(=NCc1ccc2c(c1)CCC2)NC1CCc2nc(COC)nn2C1.I. The first kappa shape index (κ1) is 22.0. The Morgan fingerprint density at radius 3 is 2.97 bits per heavy atom. The summed E-state index contributed by atoms with van der Waals surface area (Å²) in [6, 6.07) is 7.12. The molecule has 0 radical (unpaired) electrons. The van der Waals surface area contributed by atoms with Gasteiger partial charge in [0.25, 0.3) is 0 Å². The Morgan fingerprint density at radius 1 is 1.28 bits per heavy atom. The predicted molar refractivity (Wildman–Crippen MR) is 125 cm³/mol. The molecule has 0 fully saturated rings. The molecule has 1 unspecified atom stereocenters. The summed E-state index contributed by atoms with van der Waals surface area (Å²) in [5, 5.41) is 11.5. The molecule has 1 aliphatic heterocycles. The van der Waals surface area contributed by atoms with Gasteiger partial charge in [-0.25, -0.2) is 14.7 Å². The predicted octanol–water partition coefficient (Wildman–Crippen LogP) is 2.60. The third kappa shape index (κ3) is 5.48. The average Bonchev–Trinajstić information content (AvgIpc) is 3.32. The van der Waals surface area contributed by atoms with Gasteiger partial charge in [-0.1, -0.05) is 18.2 Å². The van der Waals surface area contributed by atoms with Gasteiger partial charge in [-0.3, -0.25) is 0 Å². The van der Waals surface area contributed by atoms with Crippen LogP contribution >= 0.6 is 24.0 Å².